The Labute approximate surface area is 67.6 Å². The molecule has 1 heterocycles. The summed E-state index contributed by atoms with van der Waals surface area (Å²) in [4.78, 5) is 10.0. The first-order valence-electron chi connectivity index (χ1n) is 3.39. The first-order chi connectivity index (χ1) is 5.79. The lowest BCUT2D eigenvalue weighted by Gasteiger charge is -1.90. The quantitative estimate of drug-likeness (QED) is 0.478. The number of fused-ring (bicyclic) bond motifs is 1. The summed E-state index contributed by atoms with van der Waals surface area (Å²) in [6.07, 6.45) is 1.44. The maximum atomic E-state index is 10.5. The molecule has 4 nitrogen and oxygen atoms in total. The van der Waals surface area contributed by atoms with Crippen molar-refractivity contribution >= 4 is 16.7 Å². The number of hydrogen-bond donors (Lipinski definition) is 0. The second kappa shape index (κ2) is 2.34. The molecule has 0 N–H and O–H groups in total. The third-order valence-electron chi connectivity index (χ3n) is 1.65. The molecule has 1 aromatic heterocycles. The van der Waals surface area contributed by atoms with E-state index in [0.29, 0.717) is 5.58 Å². The molecule has 1 aromatic carbocycles. The summed E-state index contributed by atoms with van der Waals surface area (Å²) in [7, 11) is 0. The zero-order chi connectivity index (χ0) is 8.55. The highest BCUT2D eigenvalue weighted by molar-refractivity contribution is 5.85. The highest BCUT2D eigenvalue weighted by atomic mass is 16.6. The first-order valence-corrected chi connectivity index (χ1v) is 3.39. The number of non-ortho nitro benzene ring substituents is 1. The predicted molar refractivity (Wildman–Crippen MR) is 42.9 cm³/mol. The van der Waals surface area contributed by atoms with E-state index in [2.05, 4.69) is 0 Å². The number of para-hydroxylation sites is 1. The smallest absolute Gasteiger partial charge is 0.312 e. The van der Waals surface area contributed by atoms with E-state index in [1.54, 1.807) is 18.2 Å². The minimum absolute atomic E-state index is 0.0116. The highest BCUT2D eigenvalue weighted by Crippen LogP contribution is 2.25. The number of nitro benzene ring substituents is 1. The fraction of sp³-hybridized carbons (Fsp3) is 0. The summed E-state index contributed by atoms with van der Waals surface area (Å²) in [6.45, 7) is 0. The van der Waals surface area contributed by atoms with Crippen LogP contribution < -0.4 is 0 Å². The third kappa shape index (κ3) is 0.852. The normalized spacial score (nSPS) is 10.3. The van der Waals surface area contributed by atoms with Gasteiger partial charge >= 0.3 is 5.69 Å². The van der Waals surface area contributed by atoms with E-state index in [0.717, 1.165) is 5.39 Å². The molecule has 0 aliphatic carbocycles. The number of nitro groups is 1. The molecule has 0 amide bonds. The Morgan fingerprint density at radius 3 is 2.92 bits per heavy atom. The van der Waals surface area contributed by atoms with E-state index in [4.69, 9.17) is 4.42 Å². The van der Waals surface area contributed by atoms with Gasteiger partial charge in [-0.25, -0.2) is 0 Å². The molecule has 0 fully saturated rings. The van der Waals surface area contributed by atoms with Crippen molar-refractivity contribution in [1.29, 1.82) is 0 Å². The Morgan fingerprint density at radius 2 is 2.17 bits per heavy atom. The second-order valence-corrected chi connectivity index (χ2v) is 2.37. The summed E-state index contributed by atoms with van der Waals surface area (Å²) >= 11 is 0. The largest absolute Gasteiger partial charge is 0.457 e. The van der Waals surface area contributed by atoms with Crippen LogP contribution in [0.15, 0.2) is 34.9 Å². The summed E-state index contributed by atoms with van der Waals surface area (Å²) < 4.78 is 4.97. The van der Waals surface area contributed by atoms with Crippen molar-refractivity contribution in [1.82, 2.24) is 0 Å². The Morgan fingerprint density at radius 1 is 1.33 bits per heavy atom. The van der Waals surface area contributed by atoms with Crippen LogP contribution in [-0.4, -0.2) is 4.92 Å². The summed E-state index contributed by atoms with van der Waals surface area (Å²) in [6, 6.07) is 6.52. The average Bonchev–Trinajstić information content (AvgIpc) is 2.49. The molecule has 2 aromatic rings. The van der Waals surface area contributed by atoms with Crippen molar-refractivity contribution in [2.45, 2.75) is 0 Å². The molecular formula is C8H5NO3. The standard InChI is InChI=1S/C8H5NO3/c10-9(11)7-3-1-2-6-4-5-12-8(6)7/h1-5H. The maximum Gasteiger partial charge on any atom is 0.312 e. The SMILES string of the molecule is O=[N+]([O-])c1cccc2ccoc12. The molecule has 4 heteroatoms. The summed E-state index contributed by atoms with van der Waals surface area (Å²) in [5, 5.41) is 11.2. The number of furan rings is 1. The van der Waals surface area contributed by atoms with Gasteiger partial charge in [0.15, 0.2) is 0 Å². The number of hydrogen-bond acceptors (Lipinski definition) is 3. The Balaban J connectivity index is 2.82. The minimum atomic E-state index is -0.453. The third-order valence-corrected chi connectivity index (χ3v) is 1.65. The van der Waals surface area contributed by atoms with E-state index in [-0.39, 0.29) is 5.69 Å². The van der Waals surface area contributed by atoms with Gasteiger partial charge in [0, 0.05) is 11.5 Å². The van der Waals surface area contributed by atoms with Crippen LogP contribution >= 0.6 is 0 Å². The van der Waals surface area contributed by atoms with Crippen LogP contribution in [0.25, 0.3) is 11.0 Å². The predicted octanol–water partition coefficient (Wildman–Crippen LogP) is 2.34. The van der Waals surface area contributed by atoms with E-state index < -0.39 is 4.92 Å². The fourth-order valence-electron chi connectivity index (χ4n) is 1.12. The summed E-state index contributed by atoms with van der Waals surface area (Å²) in [5.74, 6) is 0. The Hall–Kier alpha value is -1.84. The van der Waals surface area contributed by atoms with E-state index in [1.807, 2.05) is 0 Å². The first kappa shape index (κ1) is 6.84. The Kier molecular flexibility index (Phi) is 1.33. The molecular weight excluding hydrogens is 158 g/mol. The lowest BCUT2D eigenvalue weighted by atomic mass is 10.2. The van der Waals surface area contributed by atoms with Crippen molar-refractivity contribution < 1.29 is 9.34 Å². The molecule has 0 spiro atoms. The van der Waals surface area contributed by atoms with E-state index in [9.17, 15) is 10.1 Å². The van der Waals surface area contributed by atoms with Crippen LogP contribution in [0.2, 0.25) is 0 Å². The minimum Gasteiger partial charge on any atom is -0.457 e. The molecule has 12 heavy (non-hydrogen) atoms. The topological polar surface area (TPSA) is 56.3 Å². The van der Waals surface area contributed by atoms with Crippen LogP contribution in [-0.2, 0) is 0 Å². The molecule has 2 rings (SSSR count). The molecule has 0 aliphatic heterocycles. The lowest BCUT2D eigenvalue weighted by Crippen LogP contribution is -1.86. The van der Waals surface area contributed by atoms with Gasteiger partial charge in [0.1, 0.15) is 0 Å². The van der Waals surface area contributed by atoms with Crippen LogP contribution in [0.4, 0.5) is 5.69 Å². The van der Waals surface area contributed by atoms with Crippen molar-refractivity contribution in [2.75, 3.05) is 0 Å². The molecule has 0 atom stereocenters. The second-order valence-electron chi connectivity index (χ2n) is 2.37. The van der Waals surface area contributed by atoms with Crippen LogP contribution in [0, 0.1) is 10.1 Å². The van der Waals surface area contributed by atoms with Crippen LogP contribution in [0.3, 0.4) is 0 Å². The molecule has 0 radical (unpaired) electrons. The molecule has 0 aliphatic rings. The van der Waals surface area contributed by atoms with Crippen molar-refractivity contribution in [3.8, 4) is 0 Å². The van der Waals surface area contributed by atoms with E-state index in [1.165, 1.54) is 12.3 Å². The number of benzene rings is 1. The van der Waals surface area contributed by atoms with Crippen LogP contribution in [0.5, 0.6) is 0 Å². The van der Waals surface area contributed by atoms with Crippen molar-refractivity contribution in [3.63, 3.8) is 0 Å². The van der Waals surface area contributed by atoms with Gasteiger partial charge in [-0.05, 0) is 6.07 Å². The zero-order valence-electron chi connectivity index (χ0n) is 6.06. The van der Waals surface area contributed by atoms with E-state index >= 15 is 0 Å². The molecule has 60 valence electrons. The van der Waals surface area contributed by atoms with Gasteiger partial charge in [0.25, 0.3) is 0 Å². The number of nitrogens with zero attached hydrogens (tertiary/aromatic N) is 1. The Bertz CT molecular complexity index is 433. The maximum absolute atomic E-state index is 10.5. The highest BCUT2D eigenvalue weighted by Gasteiger charge is 2.12. The van der Waals surface area contributed by atoms with Gasteiger partial charge in [-0.2, -0.15) is 0 Å². The van der Waals surface area contributed by atoms with Gasteiger partial charge in [0.2, 0.25) is 5.58 Å². The monoisotopic (exact) mass is 163 g/mol. The summed E-state index contributed by atoms with van der Waals surface area (Å²) in [5.41, 5.74) is 0.347. The van der Waals surface area contributed by atoms with Gasteiger partial charge in [-0.1, -0.05) is 12.1 Å². The lowest BCUT2D eigenvalue weighted by molar-refractivity contribution is -0.383. The van der Waals surface area contributed by atoms with Crippen molar-refractivity contribution in [3.05, 3.63) is 40.6 Å². The van der Waals surface area contributed by atoms with Gasteiger partial charge in [0.05, 0.1) is 11.2 Å². The van der Waals surface area contributed by atoms with Crippen molar-refractivity contribution in [2.24, 2.45) is 0 Å². The molecule has 0 saturated carbocycles. The molecule has 0 saturated heterocycles. The average molecular weight is 163 g/mol. The van der Waals surface area contributed by atoms with Gasteiger partial charge in [-0.3, -0.25) is 10.1 Å². The molecule has 0 unspecified atom stereocenters. The fourth-order valence-corrected chi connectivity index (χ4v) is 1.12. The van der Waals surface area contributed by atoms with Gasteiger partial charge < -0.3 is 4.42 Å². The van der Waals surface area contributed by atoms with Gasteiger partial charge in [-0.15, -0.1) is 0 Å². The number of rotatable bonds is 1. The zero-order valence-corrected chi connectivity index (χ0v) is 6.06. The molecule has 0 bridgehead atoms. The van der Waals surface area contributed by atoms with Crippen LogP contribution in [0.1, 0.15) is 0 Å².